The van der Waals surface area contributed by atoms with Crippen LogP contribution in [0.1, 0.15) is 12.0 Å². The van der Waals surface area contributed by atoms with Crippen molar-refractivity contribution < 1.29 is 17.9 Å². The fourth-order valence-electron chi connectivity index (χ4n) is 3.71. The number of hydrogen-bond acceptors (Lipinski definition) is 5. The van der Waals surface area contributed by atoms with Crippen LogP contribution in [0.2, 0.25) is 0 Å². The third kappa shape index (κ3) is 5.76. The Kier molecular flexibility index (Phi) is 6.90. The van der Waals surface area contributed by atoms with Crippen LogP contribution in [0.15, 0.2) is 67.0 Å². The van der Waals surface area contributed by atoms with Gasteiger partial charge in [0.2, 0.25) is 0 Å². The zero-order valence-corrected chi connectivity index (χ0v) is 17.6. The maximum Gasteiger partial charge on any atom is 0.416 e. The molecule has 0 unspecified atom stereocenters. The van der Waals surface area contributed by atoms with Gasteiger partial charge in [-0.3, -0.25) is 4.90 Å². The smallest absolute Gasteiger partial charge is 0.416 e. The molecule has 0 spiro atoms. The van der Waals surface area contributed by atoms with E-state index in [4.69, 9.17) is 4.74 Å². The second kappa shape index (κ2) is 9.99. The minimum absolute atomic E-state index is 0.459. The summed E-state index contributed by atoms with van der Waals surface area (Å²) in [6.07, 6.45) is -1.90. The van der Waals surface area contributed by atoms with Crippen LogP contribution in [0, 0.1) is 0 Å². The van der Waals surface area contributed by atoms with E-state index < -0.39 is 11.7 Å². The molecule has 0 bridgehead atoms. The molecule has 1 fully saturated rings. The maximum absolute atomic E-state index is 12.6. The van der Waals surface area contributed by atoms with Crippen LogP contribution in [-0.2, 0) is 6.18 Å². The molecule has 2 aromatic carbocycles. The van der Waals surface area contributed by atoms with Gasteiger partial charge in [0.25, 0.3) is 0 Å². The lowest BCUT2D eigenvalue weighted by atomic mass is 10.1. The average molecular weight is 442 g/mol. The zero-order chi connectivity index (χ0) is 22.4. The molecule has 1 saturated heterocycles. The molecule has 0 N–H and O–H groups in total. The van der Waals surface area contributed by atoms with Crippen LogP contribution in [0.5, 0.6) is 5.75 Å². The highest BCUT2D eigenvalue weighted by molar-refractivity contribution is 5.62. The largest absolute Gasteiger partial charge is 0.494 e. The van der Waals surface area contributed by atoms with Crippen molar-refractivity contribution >= 4 is 5.82 Å². The van der Waals surface area contributed by atoms with Crippen molar-refractivity contribution in [3.63, 3.8) is 0 Å². The molecule has 168 valence electrons. The number of hydrogen-bond donors (Lipinski definition) is 0. The molecule has 4 rings (SSSR count). The number of piperazine rings is 1. The molecular formula is C24H25F3N4O. The predicted molar refractivity (Wildman–Crippen MR) is 118 cm³/mol. The normalized spacial score (nSPS) is 15.0. The summed E-state index contributed by atoms with van der Waals surface area (Å²) in [6.45, 7) is 4.96. The Labute approximate surface area is 185 Å². The molecule has 0 saturated carbocycles. The fourth-order valence-corrected chi connectivity index (χ4v) is 3.71. The first-order valence-corrected chi connectivity index (χ1v) is 10.6. The lowest BCUT2D eigenvalue weighted by Gasteiger charge is -2.35. The quantitative estimate of drug-likeness (QED) is 0.494. The van der Waals surface area contributed by atoms with Gasteiger partial charge in [-0.15, -0.1) is 0 Å². The first kappa shape index (κ1) is 22.1. The Hall–Kier alpha value is -3.13. The van der Waals surface area contributed by atoms with Gasteiger partial charge in [0.05, 0.1) is 17.9 Å². The number of nitrogens with zero attached hydrogens (tertiary/aromatic N) is 4. The summed E-state index contributed by atoms with van der Waals surface area (Å²) in [7, 11) is 0. The minimum atomic E-state index is -4.32. The number of alkyl halides is 3. The van der Waals surface area contributed by atoms with E-state index in [2.05, 4.69) is 19.8 Å². The first-order chi connectivity index (χ1) is 15.5. The van der Waals surface area contributed by atoms with Gasteiger partial charge in [-0.25, -0.2) is 9.97 Å². The van der Waals surface area contributed by atoms with Crippen molar-refractivity contribution in [3.8, 4) is 17.0 Å². The Bertz CT molecular complexity index is 988. The lowest BCUT2D eigenvalue weighted by Crippen LogP contribution is -2.47. The van der Waals surface area contributed by atoms with Gasteiger partial charge in [0, 0.05) is 44.4 Å². The number of aromatic nitrogens is 2. The summed E-state index contributed by atoms with van der Waals surface area (Å²) in [5.41, 5.74) is 1.32. The topological polar surface area (TPSA) is 41.5 Å². The number of benzene rings is 2. The zero-order valence-electron chi connectivity index (χ0n) is 17.6. The van der Waals surface area contributed by atoms with E-state index >= 15 is 0 Å². The molecule has 0 amide bonds. The monoisotopic (exact) mass is 442 g/mol. The summed E-state index contributed by atoms with van der Waals surface area (Å²) in [6, 6.07) is 16.9. The van der Waals surface area contributed by atoms with Crippen LogP contribution in [-0.4, -0.2) is 54.2 Å². The first-order valence-electron chi connectivity index (χ1n) is 10.6. The van der Waals surface area contributed by atoms with E-state index in [1.54, 1.807) is 6.33 Å². The summed E-state index contributed by atoms with van der Waals surface area (Å²) in [5, 5.41) is 0. The van der Waals surface area contributed by atoms with Crippen molar-refractivity contribution in [2.24, 2.45) is 0 Å². The Morgan fingerprint density at radius 2 is 1.59 bits per heavy atom. The van der Waals surface area contributed by atoms with E-state index in [0.29, 0.717) is 12.4 Å². The fraction of sp³-hybridized carbons (Fsp3) is 0.333. The molecule has 0 radical (unpaired) electrons. The van der Waals surface area contributed by atoms with Gasteiger partial charge in [-0.2, -0.15) is 13.2 Å². The lowest BCUT2D eigenvalue weighted by molar-refractivity contribution is -0.137. The van der Waals surface area contributed by atoms with Crippen molar-refractivity contribution in [1.82, 2.24) is 14.9 Å². The number of ether oxygens (including phenoxy) is 1. The summed E-state index contributed by atoms with van der Waals surface area (Å²) in [5.74, 6) is 1.39. The van der Waals surface area contributed by atoms with Gasteiger partial charge < -0.3 is 9.64 Å². The standard InChI is InChI=1S/C24H25F3N4O/c25-24(26,27)20-7-9-21(10-8-20)32-16-4-11-30-12-14-31(15-13-30)23-17-22(28-18-29-23)19-5-2-1-3-6-19/h1-3,5-10,17-18H,4,11-16H2. The molecule has 3 aromatic rings. The SMILES string of the molecule is FC(F)(F)c1ccc(OCCCN2CCN(c3cc(-c4ccccc4)ncn3)CC2)cc1. The highest BCUT2D eigenvalue weighted by Crippen LogP contribution is 2.30. The molecule has 0 atom stereocenters. The molecule has 1 aliphatic rings. The van der Waals surface area contributed by atoms with E-state index in [-0.39, 0.29) is 0 Å². The number of halogens is 3. The molecular weight excluding hydrogens is 417 g/mol. The van der Waals surface area contributed by atoms with Gasteiger partial charge >= 0.3 is 6.18 Å². The molecule has 32 heavy (non-hydrogen) atoms. The Morgan fingerprint density at radius 1 is 0.875 bits per heavy atom. The van der Waals surface area contributed by atoms with Crippen LogP contribution >= 0.6 is 0 Å². The summed E-state index contributed by atoms with van der Waals surface area (Å²) < 4.78 is 43.4. The highest BCUT2D eigenvalue weighted by atomic mass is 19.4. The van der Waals surface area contributed by atoms with Crippen molar-refractivity contribution in [2.75, 3.05) is 44.2 Å². The number of anilines is 1. The van der Waals surface area contributed by atoms with E-state index in [0.717, 1.165) is 68.4 Å². The molecule has 2 heterocycles. The van der Waals surface area contributed by atoms with E-state index in [9.17, 15) is 13.2 Å². The second-order valence-corrected chi connectivity index (χ2v) is 7.68. The Morgan fingerprint density at radius 3 is 2.28 bits per heavy atom. The summed E-state index contributed by atoms with van der Waals surface area (Å²) in [4.78, 5) is 13.5. The molecule has 1 aromatic heterocycles. The predicted octanol–water partition coefficient (Wildman–Crippen LogP) is 4.75. The Balaban J connectivity index is 1.20. The molecule has 8 heteroatoms. The van der Waals surface area contributed by atoms with Gasteiger partial charge in [-0.05, 0) is 30.7 Å². The average Bonchev–Trinajstić information content (AvgIpc) is 2.83. The van der Waals surface area contributed by atoms with E-state index in [1.807, 2.05) is 36.4 Å². The second-order valence-electron chi connectivity index (χ2n) is 7.68. The van der Waals surface area contributed by atoms with Gasteiger partial charge in [0.15, 0.2) is 0 Å². The minimum Gasteiger partial charge on any atom is -0.494 e. The van der Waals surface area contributed by atoms with Crippen LogP contribution in [0.4, 0.5) is 19.0 Å². The summed E-state index contributed by atoms with van der Waals surface area (Å²) >= 11 is 0. The van der Waals surface area contributed by atoms with Crippen LogP contribution < -0.4 is 9.64 Å². The van der Waals surface area contributed by atoms with Gasteiger partial charge in [-0.1, -0.05) is 30.3 Å². The van der Waals surface area contributed by atoms with Crippen molar-refractivity contribution in [1.29, 1.82) is 0 Å². The maximum atomic E-state index is 12.6. The molecule has 1 aliphatic heterocycles. The van der Waals surface area contributed by atoms with Crippen LogP contribution in [0.3, 0.4) is 0 Å². The van der Waals surface area contributed by atoms with Crippen LogP contribution in [0.25, 0.3) is 11.3 Å². The number of rotatable bonds is 7. The van der Waals surface area contributed by atoms with Gasteiger partial charge in [0.1, 0.15) is 17.9 Å². The molecule has 0 aliphatic carbocycles. The van der Waals surface area contributed by atoms with Crippen molar-refractivity contribution in [2.45, 2.75) is 12.6 Å². The third-order valence-corrected chi connectivity index (χ3v) is 5.49. The highest BCUT2D eigenvalue weighted by Gasteiger charge is 2.30. The third-order valence-electron chi connectivity index (χ3n) is 5.49. The van der Waals surface area contributed by atoms with Crippen molar-refractivity contribution in [3.05, 3.63) is 72.6 Å². The van der Waals surface area contributed by atoms with E-state index in [1.165, 1.54) is 12.1 Å². The molecule has 5 nitrogen and oxygen atoms in total.